The van der Waals surface area contributed by atoms with Crippen molar-refractivity contribution in [1.29, 1.82) is 10.5 Å². The summed E-state index contributed by atoms with van der Waals surface area (Å²) in [7, 11) is 0. The van der Waals surface area contributed by atoms with Crippen LogP contribution in [0.5, 0.6) is 0 Å². The van der Waals surface area contributed by atoms with E-state index in [1.807, 2.05) is 18.2 Å². The number of rotatable bonds is 1. The molecule has 128 valence electrons. The summed E-state index contributed by atoms with van der Waals surface area (Å²) in [5.74, 6) is -0.407. The lowest BCUT2D eigenvalue weighted by atomic mass is 9.68. The van der Waals surface area contributed by atoms with Gasteiger partial charge in [0, 0.05) is 22.9 Å². The normalized spacial score (nSPS) is 18.8. The van der Waals surface area contributed by atoms with E-state index in [1.54, 1.807) is 12.1 Å². The fourth-order valence-electron chi connectivity index (χ4n) is 4.39. The molecular formula is C22H18FN3. The molecule has 2 aromatic rings. The van der Waals surface area contributed by atoms with Crippen LogP contribution in [0.25, 0.3) is 11.1 Å². The molecule has 3 nitrogen and oxygen atoms in total. The highest BCUT2D eigenvalue weighted by Crippen LogP contribution is 2.52. The number of halogens is 1. The number of nitrogens with one attached hydrogen (secondary N) is 1. The molecular weight excluding hydrogens is 325 g/mol. The summed E-state index contributed by atoms with van der Waals surface area (Å²) in [5, 5.41) is 21.7. The average molecular weight is 343 g/mol. The standard InChI is InChI=1S/C22H18FN3/c23-18-11-15(14-25)10-17(12-18)16-4-5-20-19(13-16)22(7-2-1-3-8-22)21(26-20)6-9-24/h4-6,10-13,26H,1-3,7-8H2/b21-6-. The zero-order valence-corrected chi connectivity index (χ0v) is 14.3. The number of anilines is 1. The van der Waals surface area contributed by atoms with Crippen molar-refractivity contribution >= 4 is 5.69 Å². The summed E-state index contributed by atoms with van der Waals surface area (Å²) < 4.78 is 13.9. The summed E-state index contributed by atoms with van der Waals surface area (Å²) in [4.78, 5) is 0. The molecule has 0 radical (unpaired) electrons. The van der Waals surface area contributed by atoms with Gasteiger partial charge in [-0.2, -0.15) is 10.5 Å². The van der Waals surface area contributed by atoms with Crippen molar-refractivity contribution in [2.24, 2.45) is 0 Å². The molecule has 1 spiro atoms. The minimum atomic E-state index is -0.407. The summed E-state index contributed by atoms with van der Waals surface area (Å²) in [6.07, 6.45) is 7.12. The molecule has 0 amide bonds. The van der Waals surface area contributed by atoms with Gasteiger partial charge in [-0.15, -0.1) is 0 Å². The first-order chi connectivity index (χ1) is 12.7. The van der Waals surface area contributed by atoms with Crippen molar-refractivity contribution in [2.75, 3.05) is 5.32 Å². The summed E-state index contributed by atoms with van der Waals surface area (Å²) >= 11 is 0. The topological polar surface area (TPSA) is 59.6 Å². The molecule has 2 aromatic carbocycles. The van der Waals surface area contributed by atoms with Crippen LogP contribution >= 0.6 is 0 Å². The molecule has 26 heavy (non-hydrogen) atoms. The Kier molecular flexibility index (Phi) is 3.98. The van der Waals surface area contributed by atoms with Crippen LogP contribution in [-0.2, 0) is 5.41 Å². The molecule has 4 rings (SSSR count). The van der Waals surface area contributed by atoms with Crippen LogP contribution in [0.4, 0.5) is 10.1 Å². The molecule has 0 saturated heterocycles. The molecule has 0 unspecified atom stereocenters. The first-order valence-corrected chi connectivity index (χ1v) is 8.89. The van der Waals surface area contributed by atoms with E-state index in [-0.39, 0.29) is 5.41 Å². The Morgan fingerprint density at radius 1 is 1.00 bits per heavy atom. The van der Waals surface area contributed by atoms with Crippen molar-refractivity contribution in [2.45, 2.75) is 37.5 Å². The quantitative estimate of drug-likeness (QED) is 0.705. The molecule has 1 aliphatic heterocycles. The van der Waals surface area contributed by atoms with Crippen LogP contribution in [0.1, 0.15) is 43.2 Å². The van der Waals surface area contributed by atoms with Crippen molar-refractivity contribution in [3.05, 3.63) is 65.1 Å². The number of nitrogens with zero attached hydrogens (tertiary/aromatic N) is 2. The fourth-order valence-corrected chi connectivity index (χ4v) is 4.39. The minimum absolute atomic E-state index is 0.148. The highest BCUT2D eigenvalue weighted by molar-refractivity contribution is 5.76. The summed E-state index contributed by atoms with van der Waals surface area (Å²) in [6.45, 7) is 0. The predicted octanol–water partition coefficient (Wildman–Crippen LogP) is 5.40. The Balaban J connectivity index is 1.86. The van der Waals surface area contributed by atoms with Crippen LogP contribution in [0.2, 0.25) is 0 Å². The maximum absolute atomic E-state index is 13.9. The van der Waals surface area contributed by atoms with E-state index in [9.17, 15) is 9.65 Å². The van der Waals surface area contributed by atoms with E-state index in [4.69, 9.17) is 5.26 Å². The third-order valence-corrected chi connectivity index (χ3v) is 5.60. The number of hydrogen-bond donors (Lipinski definition) is 1. The second-order valence-electron chi connectivity index (χ2n) is 7.06. The maximum Gasteiger partial charge on any atom is 0.125 e. The van der Waals surface area contributed by atoms with Gasteiger partial charge in [0.05, 0.1) is 17.7 Å². The predicted molar refractivity (Wildman–Crippen MR) is 98.6 cm³/mol. The van der Waals surface area contributed by atoms with E-state index >= 15 is 0 Å². The van der Waals surface area contributed by atoms with Gasteiger partial charge in [-0.05, 0) is 59.9 Å². The van der Waals surface area contributed by atoms with Crippen LogP contribution < -0.4 is 5.32 Å². The van der Waals surface area contributed by atoms with Crippen LogP contribution in [0.15, 0.2) is 48.2 Å². The van der Waals surface area contributed by atoms with E-state index in [0.29, 0.717) is 11.1 Å². The number of hydrogen-bond acceptors (Lipinski definition) is 3. The van der Waals surface area contributed by atoms with Gasteiger partial charge in [-0.1, -0.05) is 25.3 Å². The molecule has 0 atom stereocenters. The monoisotopic (exact) mass is 343 g/mol. The Hall–Kier alpha value is -3.11. The zero-order valence-electron chi connectivity index (χ0n) is 14.3. The summed E-state index contributed by atoms with van der Waals surface area (Å²) in [6, 6.07) is 14.6. The van der Waals surface area contributed by atoms with E-state index in [0.717, 1.165) is 42.6 Å². The second-order valence-corrected chi connectivity index (χ2v) is 7.06. The van der Waals surface area contributed by atoms with Gasteiger partial charge < -0.3 is 5.32 Å². The first-order valence-electron chi connectivity index (χ1n) is 8.89. The van der Waals surface area contributed by atoms with E-state index in [2.05, 4.69) is 17.5 Å². The van der Waals surface area contributed by atoms with Crippen LogP contribution in [0, 0.1) is 28.5 Å². The average Bonchev–Trinajstić information content (AvgIpc) is 2.94. The lowest BCUT2D eigenvalue weighted by molar-refractivity contribution is 0.350. The largest absolute Gasteiger partial charge is 0.357 e. The molecule has 1 aliphatic carbocycles. The van der Waals surface area contributed by atoms with Gasteiger partial charge in [0.2, 0.25) is 0 Å². The third-order valence-electron chi connectivity index (χ3n) is 5.60. The first kappa shape index (κ1) is 16.4. The molecule has 4 heteroatoms. The van der Waals surface area contributed by atoms with Crippen molar-refractivity contribution in [3.63, 3.8) is 0 Å². The molecule has 1 heterocycles. The Labute approximate surface area is 152 Å². The minimum Gasteiger partial charge on any atom is -0.357 e. The number of benzene rings is 2. The van der Waals surface area contributed by atoms with Gasteiger partial charge in [-0.25, -0.2) is 4.39 Å². The number of nitriles is 2. The molecule has 1 saturated carbocycles. The molecule has 0 aromatic heterocycles. The van der Waals surface area contributed by atoms with Gasteiger partial charge in [-0.3, -0.25) is 0 Å². The smallest absolute Gasteiger partial charge is 0.125 e. The van der Waals surface area contributed by atoms with Crippen LogP contribution in [0.3, 0.4) is 0 Å². The Morgan fingerprint density at radius 3 is 2.54 bits per heavy atom. The van der Waals surface area contributed by atoms with Gasteiger partial charge in [0.15, 0.2) is 0 Å². The second kappa shape index (κ2) is 6.32. The van der Waals surface area contributed by atoms with Gasteiger partial charge in [0.25, 0.3) is 0 Å². The fraction of sp³-hybridized carbons (Fsp3) is 0.273. The number of fused-ring (bicyclic) bond motifs is 2. The lowest BCUT2D eigenvalue weighted by Gasteiger charge is -2.35. The SMILES string of the molecule is N#C/C=C1\Nc2ccc(-c3cc(F)cc(C#N)c3)cc2C12CCCCC2. The van der Waals surface area contributed by atoms with E-state index in [1.165, 1.54) is 24.1 Å². The Morgan fingerprint density at radius 2 is 1.81 bits per heavy atom. The van der Waals surface area contributed by atoms with Crippen molar-refractivity contribution in [1.82, 2.24) is 0 Å². The van der Waals surface area contributed by atoms with Crippen molar-refractivity contribution < 1.29 is 4.39 Å². The van der Waals surface area contributed by atoms with Gasteiger partial charge >= 0.3 is 0 Å². The molecule has 0 bridgehead atoms. The molecule has 2 aliphatic rings. The maximum atomic E-state index is 13.9. The zero-order chi connectivity index (χ0) is 18.1. The highest BCUT2D eigenvalue weighted by atomic mass is 19.1. The Bertz CT molecular complexity index is 985. The highest BCUT2D eigenvalue weighted by Gasteiger charge is 2.43. The third kappa shape index (κ3) is 2.55. The van der Waals surface area contributed by atoms with Gasteiger partial charge in [0.1, 0.15) is 5.82 Å². The number of allylic oxidation sites excluding steroid dienone is 2. The molecule has 1 fully saturated rings. The lowest BCUT2D eigenvalue weighted by Crippen LogP contribution is -2.29. The van der Waals surface area contributed by atoms with Crippen molar-refractivity contribution in [3.8, 4) is 23.3 Å². The van der Waals surface area contributed by atoms with E-state index < -0.39 is 5.82 Å². The molecule has 1 N–H and O–H groups in total. The summed E-state index contributed by atoms with van der Waals surface area (Å²) in [5.41, 5.74) is 4.94. The van der Waals surface area contributed by atoms with Crippen LogP contribution in [-0.4, -0.2) is 0 Å².